The van der Waals surface area contributed by atoms with Crippen LogP contribution in [0, 0.1) is 5.92 Å². The number of aryl methyl sites for hydroxylation is 1. The quantitative estimate of drug-likeness (QED) is 0.311. The molecule has 0 radical (unpaired) electrons. The van der Waals surface area contributed by atoms with Gasteiger partial charge in [-0.25, -0.2) is 0 Å². The van der Waals surface area contributed by atoms with E-state index < -0.39 is 0 Å². The van der Waals surface area contributed by atoms with Crippen LogP contribution >= 0.6 is 0 Å². The predicted octanol–water partition coefficient (Wildman–Crippen LogP) is 7.86. The molecular weight excluding hydrogens is 342 g/mol. The van der Waals surface area contributed by atoms with Gasteiger partial charge in [0.05, 0.1) is 12.3 Å². The normalized spacial score (nSPS) is 12.1. The molecule has 0 fully saturated rings. The SMILES string of the molecule is CCCCCCCCCCc1ccc(-c2ccc(OCC(C)CC)cc2)nc1. The Labute approximate surface area is 172 Å². The minimum atomic E-state index is 0.593. The average Bonchev–Trinajstić information content (AvgIpc) is 2.74. The van der Waals surface area contributed by atoms with E-state index in [0.717, 1.165) is 36.5 Å². The summed E-state index contributed by atoms with van der Waals surface area (Å²) < 4.78 is 5.84. The first-order chi connectivity index (χ1) is 13.7. The number of rotatable bonds is 14. The number of hydrogen-bond donors (Lipinski definition) is 0. The molecule has 1 heterocycles. The second-order valence-corrected chi connectivity index (χ2v) is 8.13. The van der Waals surface area contributed by atoms with Crippen LogP contribution < -0.4 is 4.74 Å². The van der Waals surface area contributed by atoms with Crippen LogP contribution in [0.2, 0.25) is 0 Å². The fourth-order valence-electron chi connectivity index (χ4n) is 3.28. The summed E-state index contributed by atoms with van der Waals surface area (Å²) in [6.45, 7) is 7.47. The third-order valence-electron chi connectivity index (χ3n) is 5.53. The number of unbranched alkanes of at least 4 members (excludes halogenated alkanes) is 7. The van der Waals surface area contributed by atoms with E-state index in [0.29, 0.717) is 5.92 Å². The molecule has 0 saturated carbocycles. The van der Waals surface area contributed by atoms with Crippen LogP contribution in [0.25, 0.3) is 11.3 Å². The molecule has 1 aromatic carbocycles. The van der Waals surface area contributed by atoms with Crippen molar-refractivity contribution in [1.29, 1.82) is 0 Å². The summed E-state index contributed by atoms with van der Waals surface area (Å²) in [5.41, 5.74) is 3.53. The first kappa shape index (κ1) is 22.5. The molecule has 1 unspecified atom stereocenters. The van der Waals surface area contributed by atoms with Gasteiger partial charge in [-0.2, -0.15) is 0 Å². The lowest BCUT2D eigenvalue weighted by Gasteiger charge is -2.11. The number of benzene rings is 1. The van der Waals surface area contributed by atoms with Crippen LogP contribution in [0.1, 0.15) is 84.1 Å². The van der Waals surface area contributed by atoms with Crippen molar-refractivity contribution in [2.24, 2.45) is 5.92 Å². The van der Waals surface area contributed by atoms with Crippen molar-refractivity contribution in [2.45, 2.75) is 85.0 Å². The number of hydrogen-bond acceptors (Lipinski definition) is 2. The summed E-state index contributed by atoms with van der Waals surface area (Å²) >= 11 is 0. The van der Waals surface area contributed by atoms with Gasteiger partial charge in [-0.1, -0.05) is 78.2 Å². The third kappa shape index (κ3) is 8.46. The Morgan fingerprint density at radius 1 is 0.821 bits per heavy atom. The van der Waals surface area contributed by atoms with E-state index in [9.17, 15) is 0 Å². The Balaban J connectivity index is 1.71. The van der Waals surface area contributed by atoms with Crippen molar-refractivity contribution in [3.63, 3.8) is 0 Å². The zero-order valence-electron chi connectivity index (χ0n) is 18.3. The van der Waals surface area contributed by atoms with E-state index in [4.69, 9.17) is 4.74 Å². The van der Waals surface area contributed by atoms with Crippen molar-refractivity contribution in [3.8, 4) is 17.0 Å². The molecule has 28 heavy (non-hydrogen) atoms. The molecule has 0 aliphatic rings. The second-order valence-electron chi connectivity index (χ2n) is 8.13. The lowest BCUT2D eigenvalue weighted by molar-refractivity contribution is 0.256. The summed E-state index contributed by atoms with van der Waals surface area (Å²) in [5.74, 6) is 1.53. The highest BCUT2D eigenvalue weighted by atomic mass is 16.5. The fourth-order valence-corrected chi connectivity index (χ4v) is 3.28. The van der Waals surface area contributed by atoms with Crippen molar-refractivity contribution < 1.29 is 4.74 Å². The summed E-state index contributed by atoms with van der Waals surface area (Å²) in [7, 11) is 0. The highest BCUT2D eigenvalue weighted by Crippen LogP contribution is 2.22. The smallest absolute Gasteiger partial charge is 0.119 e. The van der Waals surface area contributed by atoms with Gasteiger partial charge in [0, 0.05) is 11.8 Å². The molecule has 2 nitrogen and oxygen atoms in total. The van der Waals surface area contributed by atoms with Gasteiger partial charge < -0.3 is 4.74 Å². The lowest BCUT2D eigenvalue weighted by atomic mass is 10.0. The molecule has 154 valence electrons. The zero-order valence-corrected chi connectivity index (χ0v) is 18.3. The van der Waals surface area contributed by atoms with Crippen LogP contribution in [0.4, 0.5) is 0 Å². The maximum absolute atomic E-state index is 5.84. The van der Waals surface area contributed by atoms with Gasteiger partial charge in [0.15, 0.2) is 0 Å². The van der Waals surface area contributed by atoms with E-state index >= 15 is 0 Å². The summed E-state index contributed by atoms with van der Waals surface area (Å²) in [4.78, 5) is 4.67. The standard InChI is InChI=1S/C26H39NO/c1-4-6-7-8-9-10-11-12-13-23-14-19-26(27-20-23)24-15-17-25(18-16-24)28-21-22(3)5-2/h14-20,22H,4-13,21H2,1-3H3. The minimum absolute atomic E-state index is 0.593. The van der Waals surface area contributed by atoms with Crippen molar-refractivity contribution in [1.82, 2.24) is 4.98 Å². The van der Waals surface area contributed by atoms with Crippen molar-refractivity contribution >= 4 is 0 Å². The van der Waals surface area contributed by atoms with Crippen LogP contribution in [-0.4, -0.2) is 11.6 Å². The maximum Gasteiger partial charge on any atom is 0.119 e. The molecule has 1 aromatic heterocycles. The number of aromatic nitrogens is 1. The van der Waals surface area contributed by atoms with E-state index in [2.05, 4.69) is 50.0 Å². The molecule has 0 N–H and O–H groups in total. The van der Waals surface area contributed by atoms with Gasteiger partial charge in [-0.05, 0) is 54.7 Å². The summed E-state index contributed by atoms with van der Waals surface area (Å²) in [6.07, 6.45) is 15.3. The van der Waals surface area contributed by atoms with Gasteiger partial charge in [0.25, 0.3) is 0 Å². The minimum Gasteiger partial charge on any atom is -0.493 e. The molecule has 0 spiro atoms. The van der Waals surface area contributed by atoms with E-state index in [-0.39, 0.29) is 0 Å². The van der Waals surface area contributed by atoms with Crippen molar-refractivity contribution in [3.05, 3.63) is 48.2 Å². The topological polar surface area (TPSA) is 22.1 Å². The third-order valence-corrected chi connectivity index (χ3v) is 5.53. The molecule has 0 amide bonds. The predicted molar refractivity (Wildman–Crippen MR) is 121 cm³/mol. The summed E-state index contributed by atoms with van der Waals surface area (Å²) in [6, 6.07) is 12.7. The second kappa shape index (κ2) is 13.4. The first-order valence-corrected chi connectivity index (χ1v) is 11.4. The van der Waals surface area contributed by atoms with Crippen LogP contribution in [0.3, 0.4) is 0 Å². The Morgan fingerprint density at radius 2 is 1.50 bits per heavy atom. The Hall–Kier alpha value is -1.83. The van der Waals surface area contributed by atoms with Gasteiger partial charge in [0.1, 0.15) is 5.75 Å². The zero-order chi connectivity index (χ0) is 20.0. The highest BCUT2D eigenvalue weighted by molar-refractivity contribution is 5.60. The molecular formula is C26H39NO. The van der Waals surface area contributed by atoms with Crippen molar-refractivity contribution in [2.75, 3.05) is 6.61 Å². The van der Waals surface area contributed by atoms with E-state index in [1.165, 1.54) is 56.9 Å². The Kier molecular flexibility index (Phi) is 10.7. The first-order valence-electron chi connectivity index (χ1n) is 11.4. The fraction of sp³-hybridized carbons (Fsp3) is 0.577. The largest absolute Gasteiger partial charge is 0.493 e. The highest BCUT2D eigenvalue weighted by Gasteiger charge is 2.03. The lowest BCUT2D eigenvalue weighted by Crippen LogP contribution is -2.06. The molecule has 0 aliphatic carbocycles. The number of pyridine rings is 1. The molecule has 2 aromatic rings. The van der Waals surface area contributed by atoms with E-state index in [1.54, 1.807) is 0 Å². The average molecular weight is 382 g/mol. The van der Waals surface area contributed by atoms with Gasteiger partial charge in [0.2, 0.25) is 0 Å². The monoisotopic (exact) mass is 381 g/mol. The molecule has 2 rings (SSSR count). The Morgan fingerprint density at radius 3 is 2.11 bits per heavy atom. The number of ether oxygens (including phenoxy) is 1. The summed E-state index contributed by atoms with van der Waals surface area (Å²) in [5, 5.41) is 0. The van der Waals surface area contributed by atoms with Crippen LogP contribution in [0.15, 0.2) is 42.6 Å². The maximum atomic E-state index is 5.84. The van der Waals surface area contributed by atoms with Gasteiger partial charge in [-0.3, -0.25) is 4.98 Å². The molecule has 0 saturated heterocycles. The van der Waals surface area contributed by atoms with Gasteiger partial charge in [-0.15, -0.1) is 0 Å². The number of nitrogens with zero attached hydrogens (tertiary/aromatic N) is 1. The van der Waals surface area contributed by atoms with Crippen LogP contribution in [0.5, 0.6) is 5.75 Å². The van der Waals surface area contributed by atoms with Crippen LogP contribution in [-0.2, 0) is 6.42 Å². The molecule has 0 aliphatic heterocycles. The molecule has 1 atom stereocenters. The Bertz CT molecular complexity index is 632. The van der Waals surface area contributed by atoms with Gasteiger partial charge >= 0.3 is 0 Å². The molecule has 2 heteroatoms. The molecule has 0 bridgehead atoms. The van der Waals surface area contributed by atoms with E-state index in [1.807, 2.05) is 18.3 Å².